The fourth-order valence-electron chi connectivity index (χ4n) is 5.02. The highest BCUT2D eigenvalue weighted by molar-refractivity contribution is 5.80. The van der Waals surface area contributed by atoms with Gasteiger partial charge >= 0.3 is 0 Å². The van der Waals surface area contributed by atoms with Gasteiger partial charge in [0.05, 0.1) is 0 Å². The molecule has 2 amide bonds. The van der Waals surface area contributed by atoms with Crippen LogP contribution in [0.1, 0.15) is 57.8 Å². The topological polar surface area (TPSA) is 49.4 Å². The van der Waals surface area contributed by atoms with Crippen LogP contribution in [-0.2, 0) is 9.59 Å². The zero-order valence-electron chi connectivity index (χ0n) is 13.4. The Kier molecular flexibility index (Phi) is 3.87. The summed E-state index contributed by atoms with van der Waals surface area (Å²) in [5.41, 5.74) is 0. The second kappa shape index (κ2) is 5.86. The lowest BCUT2D eigenvalue weighted by atomic mass is 9.84. The lowest BCUT2D eigenvalue weighted by Gasteiger charge is -2.36. The Morgan fingerprint density at radius 2 is 1.68 bits per heavy atom. The van der Waals surface area contributed by atoms with Gasteiger partial charge in [0.1, 0.15) is 0 Å². The molecule has 1 aliphatic heterocycles. The molecule has 0 radical (unpaired) electrons. The Morgan fingerprint density at radius 3 is 2.23 bits per heavy atom. The lowest BCUT2D eigenvalue weighted by Crippen LogP contribution is -2.50. The van der Waals surface area contributed by atoms with Gasteiger partial charge in [-0.2, -0.15) is 0 Å². The molecule has 2 bridgehead atoms. The maximum absolute atomic E-state index is 12.7. The molecule has 0 spiro atoms. The predicted molar refractivity (Wildman–Crippen MR) is 84.0 cm³/mol. The summed E-state index contributed by atoms with van der Waals surface area (Å²) in [6, 6.07) is 0.289. The van der Waals surface area contributed by atoms with Crippen molar-refractivity contribution >= 4 is 11.8 Å². The maximum Gasteiger partial charge on any atom is 0.225 e. The summed E-state index contributed by atoms with van der Waals surface area (Å²) in [6.45, 7) is 1.67. The van der Waals surface area contributed by atoms with E-state index in [1.54, 1.807) is 0 Å². The summed E-state index contributed by atoms with van der Waals surface area (Å²) in [7, 11) is 0. The fraction of sp³-hybridized carbons (Fsp3) is 0.889. The number of hydrogen-bond donors (Lipinski definition) is 1. The van der Waals surface area contributed by atoms with Crippen molar-refractivity contribution in [3.63, 3.8) is 0 Å². The second-order valence-corrected chi connectivity index (χ2v) is 8.02. The minimum absolute atomic E-state index is 0.254. The number of nitrogens with zero attached hydrogens (tertiary/aromatic N) is 1. The lowest BCUT2D eigenvalue weighted by molar-refractivity contribution is -0.138. The average molecular weight is 304 g/mol. The van der Waals surface area contributed by atoms with Crippen LogP contribution in [0.5, 0.6) is 0 Å². The third-order valence-corrected chi connectivity index (χ3v) is 6.68. The molecule has 22 heavy (non-hydrogen) atoms. The van der Waals surface area contributed by atoms with E-state index >= 15 is 0 Å². The summed E-state index contributed by atoms with van der Waals surface area (Å²) < 4.78 is 0. The third kappa shape index (κ3) is 2.65. The molecule has 1 saturated heterocycles. The molecular formula is C18H28N2O2. The first-order valence-electron chi connectivity index (χ1n) is 9.30. The van der Waals surface area contributed by atoms with Gasteiger partial charge in [0.15, 0.2) is 0 Å². The molecule has 0 aromatic heterocycles. The molecular weight excluding hydrogens is 276 g/mol. The molecule has 4 nitrogen and oxygen atoms in total. The number of likely N-dealkylation sites (tertiary alicyclic amines) is 1. The van der Waals surface area contributed by atoms with E-state index in [-0.39, 0.29) is 17.9 Å². The van der Waals surface area contributed by atoms with E-state index < -0.39 is 0 Å². The monoisotopic (exact) mass is 304 g/mol. The van der Waals surface area contributed by atoms with Gasteiger partial charge in [0.2, 0.25) is 11.8 Å². The Hall–Kier alpha value is -1.06. The van der Waals surface area contributed by atoms with Crippen molar-refractivity contribution in [3.8, 4) is 0 Å². The zero-order valence-corrected chi connectivity index (χ0v) is 13.4. The normalized spacial score (nSPS) is 35.5. The van der Waals surface area contributed by atoms with Crippen molar-refractivity contribution in [1.82, 2.24) is 10.2 Å². The number of nitrogens with one attached hydrogen (secondary N) is 1. The number of carbonyl (C=O) groups is 2. The van der Waals surface area contributed by atoms with Gasteiger partial charge in [-0.25, -0.2) is 0 Å². The number of amides is 2. The molecule has 4 fully saturated rings. The molecule has 1 N–H and O–H groups in total. The van der Waals surface area contributed by atoms with Crippen molar-refractivity contribution in [3.05, 3.63) is 0 Å². The van der Waals surface area contributed by atoms with Crippen LogP contribution < -0.4 is 5.32 Å². The van der Waals surface area contributed by atoms with Crippen LogP contribution in [0.25, 0.3) is 0 Å². The number of hydrogen-bond acceptors (Lipinski definition) is 2. The molecule has 1 heterocycles. The number of fused-ring (bicyclic) bond motifs is 2. The van der Waals surface area contributed by atoms with Crippen LogP contribution >= 0.6 is 0 Å². The van der Waals surface area contributed by atoms with E-state index in [1.165, 1.54) is 25.7 Å². The van der Waals surface area contributed by atoms with E-state index in [4.69, 9.17) is 0 Å². The highest BCUT2D eigenvalue weighted by Gasteiger charge is 2.44. The Labute approximate surface area is 133 Å². The summed E-state index contributed by atoms with van der Waals surface area (Å²) in [6.07, 6.45) is 10.3. The van der Waals surface area contributed by atoms with Gasteiger partial charge in [-0.15, -0.1) is 0 Å². The van der Waals surface area contributed by atoms with Crippen molar-refractivity contribution < 1.29 is 9.59 Å². The molecule has 4 aliphatic rings. The van der Waals surface area contributed by atoms with Crippen LogP contribution in [0.3, 0.4) is 0 Å². The van der Waals surface area contributed by atoms with E-state index in [0.29, 0.717) is 17.7 Å². The third-order valence-electron chi connectivity index (χ3n) is 6.68. The molecule has 3 atom stereocenters. The van der Waals surface area contributed by atoms with E-state index in [1.807, 2.05) is 0 Å². The summed E-state index contributed by atoms with van der Waals surface area (Å²) in [5, 5.41) is 3.20. The van der Waals surface area contributed by atoms with Gasteiger partial charge in [0, 0.05) is 31.0 Å². The minimum Gasteiger partial charge on any atom is -0.353 e. The van der Waals surface area contributed by atoms with E-state index in [2.05, 4.69) is 10.2 Å². The first kappa shape index (κ1) is 14.5. The van der Waals surface area contributed by atoms with Crippen LogP contribution in [0.15, 0.2) is 0 Å². The second-order valence-electron chi connectivity index (χ2n) is 8.02. The first-order valence-corrected chi connectivity index (χ1v) is 9.30. The molecule has 0 aromatic carbocycles. The highest BCUT2D eigenvalue weighted by Crippen LogP contribution is 2.49. The minimum atomic E-state index is 0.254. The van der Waals surface area contributed by atoms with Crippen LogP contribution in [0.4, 0.5) is 0 Å². The van der Waals surface area contributed by atoms with Crippen LogP contribution in [-0.4, -0.2) is 35.8 Å². The Bertz CT molecular complexity index is 452. The Morgan fingerprint density at radius 1 is 0.909 bits per heavy atom. The van der Waals surface area contributed by atoms with Crippen molar-refractivity contribution in [2.24, 2.45) is 23.7 Å². The molecule has 3 saturated carbocycles. The SMILES string of the molecule is O=C(NC1CCN(C(=O)C2CC3CCC2C3)CC1)C1CCC1. The predicted octanol–water partition coefficient (Wildman–Crippen LogP) is 2.33. The maximum atomic E-state index is 12.7. The van der Waals surface area contributed by atoms with Gasteiger partial charge in [-0.1, -0.05) is 12.8 Å². The molecule has 3 aliphatic carbocycles. The summed E-state index contributed by atoms with van der Waals surface area (Å²) in [5.74, 6) is 2.76. The number of carbonyl (C=O) groups excluding carboxylic acids is 2. The van der Waals surface area contributed by atoms with Gasteiger partial charge in [0.25, 0.3) is 0 Å². The van der Waals surface area contributed by atoms with Gasteiger partial charge in [-0.3, -0.25) is 9.59 Å². The smallest absolute Gasteiger partial charge is 0.225 e. The number of piperidine rings is 1. The van der Waals surface area contributed by atoms with Gasteiger partial charge in [-0.05, 0) is 56.8 Å². The number of rotatable bonds is 3. The van der Waals surface area contributed by atoms with E-state index in [9.17, 15) is 9.59 Å². The van der Waals surface area contributed by atoms with Crippen molar-refractivity contribution in [1.29, 1.82) is 0 Å². The Balaban J connectivity index is 1.25. The average Bonchev–Trinajstić information content (AvgIpc) is 3.08. The van der Waals surface area contributed by atoms with Crippen LogP contribution in [0, 0.1) is 23.7 Å². The van der Waals surface area contributed by atoms with Gasteiger partial charge < -0.3 is 10.2 Å². The molecule has 0 aromatic rings. The summed E-state index contributed by atoms with van der Waals surface area (Å²) in [4.78, 5) is 26.8. The molecule has 4 heteroatoms. The molecule has 4 rings (SSSR count). The zero-order chi connectivity index (χ0) is 15.1. The molecule has 3 unspecified atom stereocenters. The standard InChI is InChI=1S/C18H28N2O2/c21-17(13-2-1-3-13)19-15-6-8-20(9-7-15)18(22)16-11-12-4-5-14(16)10-12/h12-16H,1-11H2,(H,19,21). The largest absolute Gasteiger partial charge is 0.353 e. The molecule has 122 valence electrons. The quantitative estimate of drug-likeness (QED) is 0.870. The fourth-order valence-corrected chi connectivity index (χ4v) is 5.02. The van der Waals surface area contributed by atoms with Crippen molar-refractivity contribution in [2.75, 3.05) is 13.1 Å². The first-order chi connectivity index (χ1) is 10.7. The highest BCUT2D eigenvalue weighted by atomic mass is 16.2. The van der Waals surface area contributed by atoms with Crippen molar-refractivity contribution in [2.45, 2.75) is 63.8 Å². The van der Waals surface area contributed by atoms with Crippen LogP contribution in [0.2, 0.25) is 0 Å². The summed E-state index contributed by atoms with van der Waals surface area (Å²) >= 11 is 0. The van der Waals surface area contributed by atoms with E-state index in [0.717, 1.165) is 51.1 Å².